The fourth-order valence-electron chi connectivity index (χ4n) is 1.52. The average Bonchev–Trinajstić information content (AvgIpc) is 2.90. The molecule has 1 aromatic heterocycles. The highest BCUT2D eigenvalue weighted by atomic mass is 31.2. The third-order valence-corrected chi connectivity index (χ3v) is 4.34. The monoisotopic (exact) mass is 302 g/mol. The van der Waals surface area contributed by atoms with Crippen molar-refractivity contribution in [2.45, 2.75) is 20.8 Å². The lowest BCUT2D eigenvalue weighted by atomic mass is 10.4. The molecule has 112 valence electrons. The first kappa shape index (κ1) is 16.7. The van der Waals surface area contributed by atoms with Crippen LogP contribution in [0.2, 0.25) is 0 Å². The Labute approximate surface area is 118 Å². The zero-order chi connectivity index (χ0) is 15.0. The van der Waals surface area contributed by atoms with Crippen molar-refractivity contribution in [3.05, 3.63) is 30.2 Å². The molecule has 0 N–H and O–H groups in total. The van der Waals surface area contributed by atoms with Gasteiger partial charge in [0.2, 0.25) is 0 Å². The number of hydrogen-bond acceptors (Lipinski definition) is 6. The number of furan rings is 1. The summed E-state index contributed by atoms with van der Waals surface area (Å²) < 4.78 is 33.3. The second-order valence-corrected chi connectivity index (χ2v) is 5.59. The standard InChI is InChI=1S/C13H19O6P/c1-4-16-13(14)10-12(11-8-7-9-17-11)20(15,18-5-2)19-6-3/h7-10H,4-6H2,1-3H3. The Hall–Kier alpha value is -1.36. The molecule has 0 amide bonds. The van der Waals surface area contributed by atoms with E-state index in [0.717, 1.165) is 6.08 Å². The van der Waals surface area contributed by atoms with Gasteiger partial charge >= 0.3 is 13.6 Å². The van der Waals surface area contributed by atoms with Crippen LogP contribution in [0.3, 0.4) is 0 Å². The number of carbonyl (C=O) groups is 1. The van der Waals surface area contributed by atoms with Gasteiger partial charge in [-0.3, -0.25) is 4.57 Å². The first-order valence-electron chi connectivity index (χ1n) is 6.39. The Morgan fingerprint density at radius 3 is 2.35 bits per heavy atom. The van der Waals surface area contributed by atoms with E-state index in [2.05, 4.69) is 0 Å². The van der Waals surface area contributed by atoms with Crippen molar-refractivity contribution in [1.82, 2.24) is 0 Å². The molecule has 0 saturated carbocycles. The zero-order valence-electron chi connectivity index (χ0n) is 11.8. The van der Waals surface area contributed by atoms with E-state index in [4.69, 9.17) is 18.2 Å². The third kappa shape index (κ3) is 4.34. The number of esters is 1. The molecule has 0 spiro atoms. The van der Waals surface area contributed by atoms with Gasteiger partial charge in [-0.25, -0.2) is 4.79 Å². The Morgan fingerprint density at radius 1 is 1.25 bits per heavy atom. The summed E-state index contributed by atoms with van der Waals surface area (Å²) in [5.74, 6) is -0.373. The Kier molecular flexibility index (Phi) is 6.71. The summed E-state index contributed by atoms with van der Waals surface area (Å²) in [5, 5.41) is 0.0599. The minimum absolute atomic E-state index is 0.0599. The Bertz CT molecular complexity index is 481. The molecule has 0 radical (unpaired) electrons. The van der Waals surface area contributed by atoms with Crippen molar-refractivity contribution < 1.29 is 27.6 Å². The van der Waals surface area contributed by atoms with Gasteiger partial charge in [-0.1, -0.05) is 0 Å². The number of carbonyl (C=O) groups excluding carboxylic acids is 1. The molecule has 1 rings (SSSR count). The van der Waals surface area contributed by atoms with E-state index in [1.54, 1.807) is 32.9 Å². The lowest BCUT2D eigenvalue weighted by Crippen LogP contribution is -2.04. The smallest absolute Gasteiger partial charge is 0.365 e. The molecule has 0 aliphatic heterocycles. The van der Waals surface area contributed by atoms with Crippen LogP contribution in [0.15, 0.2) is 28.9 Å². The van der Waals surface area contributed by atoms with Gasteiger partial charge in [-0.05, 0) is 32.9 Å². The van der Waals surface area contributed by atoms with Crippen molar-refractivity contribution in [1.29, 1.82) is 0 Å². The normalized spacial score (nSPS) is 12.4. The van der Waals surface area contributed by atoms with Crippen LogP contribution in [0.1, 0.15) is 26.5 Å². The summed E-state index contributed by atoms with van der Waals surface area (Å²) >= 11 is 0. The minimum atomic E-state index is -3.63. The van der Waals surface area contributed by atoms with E-state index in [-0.39, 0.29) is 30.9 Å². The molecule has 20 heavy (non-hydrogen) atoms. The Balaban J connectivity index is 3.22. The summed E-state index contributed by atoms with van der Waals surface area (Å²) in [7, 11) is -3.63. The van der Waals surface area contributed by atoms with Crippen LogP contribution in [0, 0.1) is 0 Å². The van der Waals surface area contributed by atoms with Crippen LogP contribution in [0.25, 0.3) is 5.31 Å². The fourth-order valence-corrected chi connectivity index (χ4v) is 3.21. The molecule has 1 aromatic rings. The molecule has 0 aliphatic carbocycles. The molecule has 0 aromatic carbocycles. The topological polar surface area (TPSA) is 75.0 Å². The van der Waals surface area contributed by atoms with Crippen LogP contribution in [0.5, 0.6) is 0 Å². The van der Waals surface area contributed by atoms with Gasteiger partial charge in [-0.2, -0.15) is 0 Å². The largest absolute Gasteiger partial charge is 0.464 e. The number of ether oxygens (including phenoxy) is 1. The lowest BCUT2D eigenvalue weighted by Gasteiger charge is -2.18. The first-order chi connectivity index (χ1) is 9.57. The van der Waals surface area contributed by atoms with Crippen LogP contribution < -0.4 is 0 Å². The van der Waals surface area contributed by atoms with Crippen molar-refractivity contribution >= 4 is 18.9 Å². The van der Waals surface area contributed by atoms with Crippen molar-refractivity contribution in [2.75, 3.05) is 19.8 Å². The van der Waals surface area contributed by atoms with Crippen LogP contribution in [-0.4, -0.2) is 25.8 Å². The average molecular weight is 302 g/mol. The summed E-state index contributed by atoms with van der Waals surface area (Å²) in [5.41, 5.74) is 0. The van der Waals surface area contributed by atoms with Crippen molar-refractivity contribution in [3.8, 4) is 0 Å². The molecule has 0 fully saturated rings. The van der Waals surface area contributed by atoms with Crippen molar-refractivity contribution in [3.63, 3.8) is 0 Å². The second kappa shape index (κ2) is 8.04. The molecule has 7 heteroatoms. The number of hydrogen-bond donors (Lipinski definition) is 0. The van der Waals surface area contributed by atoms with E-state index in [1.807, 2.05) is 0 Å². The maximum Gasteiger partial charge on any atom is 0.365 e. The Morgan fingerprint density at radius 2 is 1.90 bits per heavy atom. The second-order valence-electron chi connectivity index (χ2n) is 3.59. The molecule has 1 heterocycles. The van der Waals surface area contributed by atoms with Gasteiger partial charge in [0.05, 0.1) is 26.1 Å². The molecule has 0 saturated heterocycles. The molecular formula is C13H19O6P. The van der Waals surface area contributed by atoms with E-state index in [1.165, 1.54) is 6.26 Å². The SMILES string of the molecule is CCOC(=O)C=C(c1ccco1)P(=O)(OCC)OCC. The highest BCUT2D eigenvalue weighted by molar-refractivity contribution is 7.65. The van der Waals surface area contributed by atoms with Gasteiger partial charge < -0.3 is 18.2 Å². The lowest BCUT2D eigenvalue weighted by molar-refractivity contribution is -0.137. The third-order valence-electron chi connectivity index (χ3n) is 2.21. The zero-order valence-corrected chi connectivity index (χ0v) is 12.7. The van der Waals surface area contributed by atoms with Crippen LogP contribution >= 0.6 is 7.60 Å². The van der Waals surface area contributed by atoms with Crippen LogP contribution in [-0.2, 0) is 23.1 Å². The van der Waals surface area contributed by atoms with Gasteiger partial charge in [0, 0.05) is 6.08 Å². The molecule has 0 atom stereocenters. The maximum absolute atomic E-state index is 12.8. The number of rotatable bonds is 8. The van der Waals surface area contributed by atoms with Gasteiger partial charge in [-0.15, -0.1) is 0 Å². The summed E-state index contributed by atoms with van der Waals surface area (Å²) in [6, 6.07) is 3.20. The summed E-state index contributed by atoms with van der Waals surface area (Å²) in [6.07, 6.45) is 2.50. The predicted octanol–water partition coefficient (Wildman–Crippen LogP) is 3.45. The fraction of sp³-hybridized carbons (Fsp3) is 0.462. The van der Waals surface area contributed by atoms with Gasteiger partial charge in [0.1, 0.15) is 11.1 Å². The van der Waals surface area contributed by atoms with E-state index < -0.39 is 13.6 Å². The minimum Gasteiger partial charge on any atom is -0.464 e. The molecule has 0 aliphatic rings. The van der Waals surface area contributed by atoms with Crippen LogP contribution in [0.4, 0.5) is 0 Å². The highest BCUT2D eigenvalue weighted by Gasteiger charge is 2.33. The summed E-state index contributed by atoms with van der Waals surface area (Å²) in [6.45, 7) is 5.64. The molecule has 6 nitrogen and oxygen atoms in total. The first-order valence-corrected chi connectivity index (χ1v) is 7.93. The highest BCUT2D eigenvalue weighted by Crippen LogP contribution is 2.60. The van der Waals surface area contributed by atoms with E-state index in [0.29, 0.717) is 0 Å². The van der Waals surface area contributed by atoms with E-state index >= 15 is 0 Å². The molecule has 0 bridgehead atoms. The van der Waals surface area contributed by atoms with Crippen molar-refractivity contribution in [2.24, 2.45) is 0 Å². The maximum atomic E-state index is 12.8. The van der Waals surface area contributed by atoms with E-state index in [9.17, 15) is 9.36 Å². The quantitative estimate of drug-likeness (QED) is 0.416. The van der Waals surface area contributed by atoms with Gasteiger partial charge in [0.25, 0.3) is 0 Å². The molecule has 0 unspecified atom stereocenters. The molecular weight excluding hydrogens is 283 g/mol. The summed E-state index contributed by atoms with van der Waals surface area (Å²) in [4.78, 5) is 11.6. The predicted molar refractivity (Wildman–Crippen MR) is 74.2 cm³/mol. The van der Waals surface area contributed by atoms with Gasteiger partial charge in [0.15, 0.2) is 0 Å².